The van der Waals surface area contributed by atoms with E-state index in [9.17, 15) is 5.11 Å². The number of aromatic nitrogens is 2. The molecule has 4 heteroatoms. The second-order valence-electron chi connectivity index (χ2n) is 3.81. The summed E-state index contributed by atoms with van der Waals surface area (Å²) in [5.41, 5.74) is 6.67. The number of hydrogen-bond acceptors (Lipinski definition) is 3. The number of aliphatic hydroxyl groups excluding tert-OH is 1. The molecule has 2 rings (SSSR count). The van der Waals surface area contributed by atoms with Crippen LogP contribution in [-0.4, -0.2) is 21.2 Å². The van der Waals surface area contributed by atoms with Crippen molar-refractivity contribution in [2.75, 3.05) is 6.54 Å². The summed E-state index contributed by atoms with van der Waals surface area (Å²) in [5.74, 6) is 0.796. The summed E-state index contributed by atoms with van der Waals surface area (Å²) in [6.45, 7) is 1.50. The number of imidazole rings is 1. The highest BCUT2D eigenvalue weighted by molar-refractivity contribution is 5.09. The predicted octanol–water partition coefficient (Wildman–Crippen LogP) is 0.602. The molecule has 2 heterocycles. The molecule has 1 aliphatic heterocycles. The first-order chi connectivity index (χ1) is 6.83. The molecule has 0 fully saturated rings. The molecule has 14 heavy (non-hydrogen) atoms. The third kappa shape index (κ3) is 1.67. The molecule has 1 atom stereocenters. The van der Waals surface area contributed by atoms with Gasteiger partial charge in [0.1, 0.15) is 11.9 Å². The Labute approximate surface area is 83.8 Å². The van der Waals surface area contributed by atoms with Gasteiger partial charge in [0.05, 0.1) is 0 Å². The van der Waals surface area contributed by atoms with Crippen molar-refractivity contribution in [1.29, 1.82) is 0 Å². The molecule has 0 radical (unpaired) electrons. The van der Waals surface area contributed by atoms with Crippen molar-refractivity contribution in [3.05, 3.63) is 17.7 Å². The van der Waals surface area contributed by atoms with E-state index in [1.807, 2.05) is 6.20 Å². The Morgan fingerprint density at radius 3 is 3.21 bits per heavy atom. The summed E-state index contributed by atoms with van der Waals surface area (Å²) in [6, 6.07) is 0. The van der Waals surface area contributed by atoms with Gasteiger partial charge in [0.15, 0.2) is 0 Å². The summed E-state index contributed by atoms with van der Waals surface area (Å²) in [6.07, 6.45) is 5.49. The smallest absolute Gasteiger partial charge is 0.137 e. The van der Waals surface area contributed by atoms with Crippen LogP contribution in [0.2, 0.25) is 0 Å². The molecule has 1 aromatic rings. The van der Waals surface area contributed by atoms with Gasteiger partial charge in [0.25, 0.3) is 0 Å². The lowest BCUT2D eigenvalue weighted by atomic mass is 10.1. The van der Waals surface area contributed by atoms with Gasteiger partial charge in [0.2, 0.25) is 0 Å². The highest BCUT2D eigenvalue weighted by atomic mass is 16.3. The summed E-state index contributed by atoms with van der Waals surface area (Å²) in [5, 5.41) is 9.80. The molecule has 0 spiro atoms. The van der Waals surface area contributed by atoms with Gasteiger partial charge in [-0.25, -0.2) is 4.98 Å². The number of hydrogen-bond donors (Lipinski definition) is 2. The second-order valence-corrected chi connectivity index (χ2v) is 3.81. The maximum Gasteiger partial charge on any atom is 0.137 e. The van der Waals surface area contributed by atoms with Crippen LogP contribution in [0.5, 0.6) is 0 Å². The zero-order valence-corrected chi connectivity index (χ0v) is 8.32. The van der Waals surface area contributed by atoms with Gasteiger partial charge < -0.3 is 15.4 Å². The van der Waals surface area contributed by atoms with E-state index in [-0.39, 0.29) is 0 Å². The summed E-state index contributed by atoms with van der Waals surface area (Å²) >= 11 is 0. The van der Waals surface area contributed by atoms with Gasteiger partial charge in [-0.15, -0.1) is 0 Å². The fourth-order valence-electron chi connectivity index (χ4n) is 2.01. The van der Waals surface area contributed by atoms with Crippen LogP contribution >= 0.6 is 0 Å². The molecule has 3 N–H and O–H groups in total. The Hall–Kier alpha value is -0.870. The Morgan fingerprint density at radius 2 is 2.43 bits per heavy atom. The van der Waals surface area contributed by atoms with Crippen molar-refractivity contribution >= 4 is 0 Å². The summed E-state index contributed by atoms with van der Waals surface area (Å²) < 4.78 is 2.14. The van der Waals surface area contributed by atoms with E-state index in [1.54, 1.807) is 0 Å². The van der Waals surface area contributed by atoms with Crippen LogP contribution in [0.25, 0.3) is 0 Å². The third-order valence-corrected chi connectivity index (χ3v) is 2.77. The molecule has 1 aromatic heterocycles. The van der Waals surface area contributed by atoms with Crippen LogP contribution in [-0.2, 0) is 13.0 Å². The first-order valence-electron chi connectivity index (χ1n) is 5.25. The first-order valence-corrected chi connectivity index (χ1v) is 5.25. The summed E-state index contributed by atoms with van der Waals surface area (Å²) in [7, 11) is 0. The molecular formula is C10H17N3O. The van der Waals surface area contributed by atoms with Crippen LogP contribution in [0.1, 0.15) is 36.9 Å². The first kappa shape index (κ1) is 9.68. The van der Waals surface area contributed by atoms with Crippen LogP contribution in [0.15, 0.2) is 6.20 Å². The number of nitrogens with zero attached hydrogens (tertiary/aromatic N) is 2. The zero-order valence-electron chi connectivity index (χ0n) is 8.32. The van der Waals surface area contributed by atoms with Gasteiger partial charge in [-0.05, 0) is 32.2 Å². The highest BCUT2D eigenvalue weighted by Crippen LogP contribution is 2.21. The SMILES string of the molecule is NCCC(O)c1ncc2n1CCCC2. The van der Waals surface area contributed by atoms with Crippen LogP contribution in [0, 0.1) is 0 Å². The zero-order chi connectivity index (χ0) is 9.97. The van der Waals surface area contributed by atoms with E-state index in [0.717, 1.165) is 18.8 Å². The van der Waals surface area contributed by atoms with Crippen LogP contribution < -0.4 is 5.73 Å². The molecule has 0 saturated heterocycles. The number of rotatable bonds is 3. The van der Waals surface area contributed by atoms with Gasteiger partial charge in [-0.3, -0.25) is 0 Å². The predicted molar refractivity (Wildman–Crippen MR) is 53.8 cm³/mol. The van der Waals surface area contributed by atoms with E-state index in [0.29, 0.717) is 13.0 Å². The standard InChI is InChI=1S/C10H17N3O/c11-5-4-9(14)10-12-7-8-3-1-2-6-13(8)10/h7,9,14H,1-6,11H2. The monoisotopic (exact) mass is 195 g/mol. The van der Waals surface area contributed by atoms with Crippen molar-refractivity contribution in [3.8, 4) is 0 Å². The fraction of sp³-hybridized carbons (Fsp3) is 0.700. The van der Waals surface area contributed by atoms with E-state index >= 15 is 0 Å². The van der Waals surface area contributed by atoms with E-state index in [1.165, 1.54) is 18.5 Å². The molecule has 0 aliphatic carbocycles. The minimum atomic E-state index is -0.494. The lowest BCUT2D eigenvalue weighted by Crippen LogP contribution is -2.17. The average molecular weight is 195 g/mol. The second kappa shape index (κ2) is 4.11. The van der Waals surface area contributed by atoms with Crippen molar-refractivity contribution < 1.29 is 5.11 Å². The molecule has 78 valence electrons. The molecule has 0 saturated carbocycles. The maximum absolute atomic E-state index is 9.80. The molecular weight excluding hydrogens is 178 g/mol. The van der Waals surface area contributed by atoms with Crippen molar-refractivity contribution in [2.24, 2.45) is 5.73 Å². The number of nitrogens with two attached hydrogens (primary N) is 1. The Balaban J connectivity index is 2.21. The number of aryl methyl sites for hydroxylation is 1. The third-order valence-electron chi connectivity index (χ3n) is 2.77. The van der Waals surface area contributed by atoms with E-state index in [4.69, 9.17) is 5.73 Å². The van der Waals surface area contributed by atoms with Crippen LogP contribution in [0.3, 0.4) is 0 Å². The Bertz CT molecular complexity index is 308. The topological polar surface area (TPSA) is 64.1 Å². The fourth-order valence-corrected chi connectivity index (χ4v) is 2.01. The quantitative estimate of drug-likeness (QED) is 0.742. The Kier molecular flexibility index (Phi) is 2.84. The maximum atomic E-state index is 9.80. The number of aliphatic hydroxyl groups is 1. The highest BCUT2D eigenvalue weighted by Gasteiger charge is 2.18. The largest absolute Gasteiger partial charge is 0.385 e. The minimum absolute atomic E-state index is 0.494. The van der Waals surface area contributed by atoms with Crippen molar-refractivity contribution in [2.45, 2.75) is 38.3 Å². The molecule has 0 aromatic carbocycles. The van der Waals surface area contributed by atoms with Crippen molar-refractivity contribution in [1.82, 2.24) is 9.55 Å². The van der Waals surface area contributed by atoms with E-state index in [2.05, 4.69) is 9.55 Å². The van der Waals surface area contributed by atoms with E-state index < -0.39 is 6.10 Å². The lowest BCUT2D eigenvalue weighted by Gasteiger charge is -2.18. The normalized spacial score (nSPS) is 17.9. The molecule has 4 nitrogen and oxygen atoms in total. The van der Waals surface area contributed by atoms with Gasteiger partial charge >= 0.3 is 0 Å². The summed E-state index contributed by atoms with van der Waals surface area (Å²) in [4.78, 5) is 4.27. The Morgan fingerprint density at radius 1 is 1.57 bits per heavy atom. The minimum Gasteiger partial charge on any atom is -0.385 e. The molecule has 0 bridgehead atoms. The lowest BCUT2D eigenvalue weighted by molar-refractivity contribution is 0.154. The van der Waals surface area contributed by atoms with Crippen molar-refractivity contribution in [3.63, 3.8) is 0 Å². The molecule has 1 aliphatic rings. The van der Waals surface area contributed by atoms with Crippen LogP contribution in [0.4, 0.5) is 0 Å². The van der Waals surface area contributed by atoms with Gasteiger partial charge in [0, 0.05) is 18.4 Å². The molecule has 0 amide bonds. The number of fused-ring (bicyclic) bond motifs is 1. The average Bonchev–Trinajstić information content (AvgIpc) is 2.61. The van der Waals surface area contributed by atoms with Gasteiger partial charge in [-0.2, -0.15) is 0 Å². The van der Waals surface area contributed by atoms with Gasteiger partial charge in [-0.1, -0.05) is 0 Å². The molecule has 1 unspecified atom stereocenters.